The highest BCUT2D eigenvalue weighted by molar-refractivity contribution is 7.98. The van der Waals surface area contributed by atoms with Crippen LogP contribution in [0.5, 0.6) is 0 Å². The van der Waals surface area contributed by atoms with Crippen molar-refractivity contribution in [2.45, 2.75) is 5.03 Å². The van der Waals surface area contributed by atoms with Gasteiger partial charge in [-0.25, -0.2) is 4.98 Å². The number of anilines is 1. The van der Waals surface area contributed by atoms with Crippen molar-refractivity contribution in [3.05, 3.63) is 54.2 Å². The summed E-state index contributed by atoms with van der Waals surface area (Å²) in [7, 11) is 0. The van der Waals surface area contributed by atoms with Crippen molar-refractivity contribution >= 4 is 34.7 Å². The molecule has 0 atom stereocenters. The number of nitrogens with two attached hydrogens (primary N) is 1. The number of thioether (sulfide) groups is 1. The second kappa shape index (κ2) is 6.40. The Hall–Kier alpha value is -2.67. The van der Waals surface area contributed by atoms with Gasteiger partial charge in [-0.2, -0.15) is 5.10 Å². The Labute approximate surface area is 132 Å². The Morgan fingerprint density at radius 2 is 1.91 bits per heavy atom. The third-order valence-corrected chi connectivity index (χ3v) is 3.73. The van der Waals surface area contributed by atoms with Gasteiger partial charge in [-0.15, -0.1) is 22.0 Å². The molecular weight excluding hydrogens is 296 g/mol. The van der Waals surface area contributed by atoms with E-state index in [0.29, 0.717) is 11.4 Å². The lowest BCUT2D eigenvalue weighted by Gasteiger charge is -2.07. The summed E-state index contributed by atoms with van der Waals surface area (Å²) in [5, 5.41) is 13.3. The topological polar surface area (TPSA) is 88.0 Å². The lowest BCUT2D eigenvalue weighted by Crippen LogP contribution is -2.29. The molecule has 0 spiro atoms. The Morgan fingerprint density at radius 3 is 2.68 bits per heavy atom. The molecule has 0 radical (unpaired) electrons. The molecule has 1 aromatic heterocycles. The standard InChI is InChI=1S/C15H14N6S/c1-22-15-11(8-5-9-17-15)12-13(14(16)21-19-12)20-18-10-6-3-2-4-7-10/h2-9,18H,1H3,(H2,16,20,21). The average Bonchev–Trinajstić information content (AvgIpc) is 2.94. The summed E-state index contributed by atoms with van der Waals surface area (Å²) < 4.78 is 0. The SMILES string of the molecule is CSc1ncccc1C1=NN=C(N)/C1=N/Nc1ccccc1. The van der Waals surface area contributed by atoms with Gasteiger partial charge < -0.3 is 5.73 Å². The van der Waals surface area contributed by atoms with Crippen LogP contribution in [0, 0.1) is 0 Å². The van der Waals surface area contributed by atoms with Crippen LogP contribution in [0.15, 0.2) is 69.0 Å². The Morgan fingerprint density at radius 1 is 1.09 bits per heavy atom. The van der Waals surface area contributed by atoms with Gasteiger partial charge in [0.15, 0.2) is 11.5 Å². The van der Waals surface area contributed by atoms with E-state index in [4.69, 9.17) is 5.73 Å². The first kappa shape index (κ1) is 14.3. The molecule has 0 saturated carbocycles. The van der Waals surface area contributed by atoms with Crippen LogP contribution in [0.4, 0.5) is 5.69 Å². The Balaban J connectivity index is 1.92. The number of para-hydroxylation sites is 1. The smallest absolute Gasteiger partial charge is 0.176 e. The minimum absolute atomic E-state index is 0.286. The molecule has 0 aliphatic carbocycles. The van der Waals surface area contributed by atoms with Crippen molar-refractivity contribution in [3.63, 3.8) is 0 Å². The summed E-state index contributed by atoms with van der Waals surface area (Å²) in [5.74, 6) is 0.286. The minimum atomic E-state index is 0.286. The van der Waals surface area contributed by atoms with Crippen LogP contribution in [0.25, 0.3) is 0 Å². The molecule has 2 heterocycles. The van der Waals surface area contributed by atoms with Crippen LogP contribution in [-0.4, -0.2) is 28.5 Å². The molecule has 1 aliphatic rings. The Bertz CT molecular complexity index is 767. The average molecular weight is 310 g/mol. The molecule has 0 unspecified atom stereocenters. The number of nitrogens with zero attached hydrogens (tertiary/aromatic N) is 4. The predicted octanol–water partition coefficient (Wildman–Crippen LogP) is 2.35. The summed E-state index contributed by atoms with van der Waals surface area (Å²) in [6, 6.07) is 13.4. The number of nitrogens with one attached hydrogen (secondary N) is 1. The number of aromatic nitrogens is 1. The van der Waals surface area contributed by atoms with Gasteiger partial charge >= 0.3 is 0 Å². The van der Waals surface area contributed by atoms with Crippen LogP contribution >= 0.6 is 11.8 Å². The van der Waals surface area contributed by atoms with E-state index in [-0.39, 0.29) is 5.84 Å². The van der Waals surface area contributed by atoms with E-state index in [1.165, 1.54) is 0 Å². The first-order chi connectivity index (χ1) is 10.8. The van der Waals surface area contributed by atoms with Gasteiger partial charge in [-0.3, -0.25) is 5.43 Å². The first-order valence-electron chi connectivity index (χ1n) is 6.59. The van der Waals surface area contributed by atoms with E-state index < -0.39 is 0 Å². The van der Waals surface area contributed by atoms with E-state index in [9.17, 15) is 0 Å². The van der Waals surface area contributed by atoms with Crippen LogP contribution in [0.3, 0.4) is 0 Å². The zero-order valence-corrected chi connectivity index (χ0v) is 12.7. The fraction of sp³-hybridized carbons (Fsp3) is 0.0667. The number of hydrazone groups is 1. The summed E-state index contributed by atoms with van der Waals surface area (Å²) in [4.78, 5) is 4.33. The second-order valence-corrected chi connectivity index (χ2v) is 5.23. The minimum Gasteiger partial charge on any atom is -0.380 e. The van der Waals surface area contributed by atoms with E-state index >= 15 is 0 Å². The quantitative estimate of drug-likeness (QED) is 0.670. The third-order valence-electron chi connectivity index (χ3n) is 3.01. The van der Waals surface area contributed by atoms with Crippen LogP contribution in [0.2, 0.25) is 0 Å². The first-order valence-corrected chi connectivity index (χ1v) is 7.82. The number of benzene rings is 1. The van der Waals surface area contributed by atoms with Gasteiger partial charge in [-0.1, -0.05) is 18.2 Å². The van der Waals surface area contributed by atoms with Crippen molar-refractivity contribution < 1.29 is 0 Å². The lowest BCUT2D eigenvalue weighted by atomic mass is 10.1. The molecule has 3 N–H and O–H groups in total. The maximum atomic E-state index is 5.90. The number of hydrogen-bond donors (Lipinski definition) is 2. The van der Waals surface area contributed by atoms with E-state index in [0.717, 1.165) is 16.3 Å². The molecule has 3 rings (SSSR count). The van der Waals surface area contributed by atoms with E-state index in [2.05, 4.69) is 25.7 Å². The maximum Gasteiger partial charge on any atom is 0.176 e. The molecule has 6 nitrogen and oxygen atoms in total. The lowest BCUT2D eigenvalue weighted by molar-refractivity contribution is 1.12. The fourth-order valence-electron chi connectivity index (χ4n) is 1.98. The van der Waals surface area contributed by atoms with Gasteiger partial charge in [0.25, 0.3) is 0 Å². The molecule has 2 aromatic rings. The zero-order chi connectivity index (χ0) is 15.4. The molecule has 0 bridgehead atoms. The highest BCUT2D eigenvalue weighted by atomic mass is 32.2. The number of hydrogen-bond acceptors (Lipinski definition) is 7. The van der Waals surface area contributed by atoms with E-state index in [1.807, 2.05) is 48.7 Å². The van der Waals surface area contributed by atoms with Crippen molar-refractivity contribution in [2.24, 2.45) is 21.0 Å². The van der Waals surface area contributed by atoms with Crippen molar-refractivity contribution in [1.29, 1.82) is 0 Å². The van der Waals surface area contributed by atoms with Gasteiger partial charge in [0.2, 0.25) is 0 Å². The molecule has 110 valence electrons. The van der Waals surface area contributed by atoms with Crippen LogP contribution in [-0.2, 0) is 0 Å². The number of amidine groups is 1. The fourth-order valence-corrected chi connectivity index (χ4v) is 2.53. The van der Waals surface area contributed by atoms with Crippen LogP contribution < -0.4 is 11.2 Å². The van der Waals surface area contributed by atoms with Gasteiger partial charge in [0, 0.05) is 11.8 Å². The molecule has 0 fully saturated rings. The van der Waals surface area contributed by atoms with Crippen molar-refractivity contribution in [2.75, 3.05) is 11.7 Å². The molecule has 1 aliphatic heterocycles. The van der Waals surface area contributed by atoms with Gasteiger partial charge in [-0.05, 0) is 30.5 Å². The highest BCUT2D eigenvalue weighted by Crippen LogP contribution is 2.20. The summed E-state index contributed by atoms with van der Waals surface area (Å²) in [6.45, 7) is 0. The molecule has 0 amide bonds. The third kappa shape index (κ3) is 2.84. The summed E-state index contributed by atoms with van der Waals surface area (Å²) >= 11 is 1.54. The normalized spacial score (nSPS) is 15.6. The summed E-state index contributed by atoms with van der Waals surface area (Å²) in [5.41, 5.74) is 11.8. The largest absolute Gasteiger partial charge is 0.380 e. The van der Waals surface area contributed by atoms with Crippen LogP contribution in [0.1, 0.15) is 5.56 Å². The predicted molar refractivity (Wildman–Crippen MR) is 91.7 cm³/mol. The zero-order valence-electron chi connectivity index (χ0n) is 11.9. The Kier molecular flexibility index (Phi) is 4.15. The van der Waals surface area contributed by atoms with Crippen molar-refractivity contribution in [3.8, 4) is 0 Å². The van der Waals surface area contributed by atoms with Gasteiger partial charge in [0.1, 0.15) is 10.7 Å². The monoisotopic (exact) mass is 310 g/mol. The highest BCUT2D eigenvalue weighted by Gasteiger charge is 2.24. The van der Waals surface area contributed by atoms with Crippen molar-refractivity contribution in [1.82, 2.24) is 4.98 Å². The second-order valence-electron chi connectivity index (χ2n) is 4.43. The van der Waals surface area contributed by atoms with Gasteiger partial charge in [0.05, 0.1) is 5.69 Å². The molecule has 22 heavy (non-hydrogen) atoms. The number of pyridine rings is 1. The molecular formula is C15H14N6S. The molecule has 1 aromatic carbocycles. The maximum absolute atomic E-state index is 5.90. The summed E-state index contributed by atoms with van der Waals surface area (Å²) in [6.07, 6.45) is 3.71. The van der Waals surface area contributed by atoms with E-state index in [1.54, 1.807) is 18.0 Å². The molecule has 7 heteroatoms. The molecule has 0 saturated heterocycles. The number of rotatable bonds is 4.